The van der Waals surface area contributed by atoms with Gasteiger partial charge < -0.3 is 15.3 Å². The molecule has 2 aliphatic rings. The summed E-state index contributed by atoms with van der Waals surface area (Å²) in [5, 5.41) is 24.9. The lowest BCUT2D eigenvalue weighted by atomic mass is 9.83. The number of nitrogens with zero attached hydrogens (tertiary/aromatic N) is 3. The third-order valence-corrected chi connectivity index (χ3v) is 6.08. The highest BCUT2D eigenvalue weighted by Gasteiger charge is 2.36. The molecule has 0 saturated carbocycles. The topological polar surface area (TPSA) is 98.9 Å². The summed E-state index contributed by atoms with van der Waals surface area (Å²) in [5.74, 6) is -0.361. The number of anilines is 2. The molecule has 1 aliphatic carbocycles. The number of nitro benzene ring substituents is 1. The van der Waals surface area contributed by atoms with Crippen molar-refractivity contribution in [1.82, 2.24) is 4.90 Å². The Kier molecular flexibility index (Phi) is 5.69. The van der Waals surface area contributed by atoms with Crippen molar-refractivity contribution in [3.05, 3.63) is 63.7 Å². The van der Waals surface area contributed by atoms with Crippen LogP contribution >= 0.6 is 0 Å². The van der Waals surface area contributed by atoms with Gasteiger partial charge in [-0.15, -0.1) is 0 Å². The maximum Gasteiger partial charge on any atom is 0.293 e. The number of hydrogen-bond donors (Lipinski definition) is 2. The predicted molar refractivity (Wildman–Crippen MR) is 115 cm³/mol. The molecule has 0 spiro atoms. The first-order valence-electron chi connectivity index (χ1n) is 10.2. The highest BCUT2D eigenvalue weighted by Crippen LogP contribution is 2.37. The molecule has 30 heavy (non-hydrogen) atoms. The van der Waals surface area contributed by atoms with Crippen molar-refractivity contribution in [1.29, 1.82) is 0 Å². The Labute approximate surface area is 175 Å². The van der Waals surface area contributed by atoms with Crippen molar-refractivity contribution in [2.24, 2.45) is 0 Å². The van der Waals surface area contributed by atoms with Crippen molar-refractivity contribution in [3.63, 3.8) is 0 Å². The number of rotatable bonds is 4. The molecule has 1 aliphatic heterocycles. The third-order valence-electron chi connectivity index (χ3n) is 6.08. The molecule has 4 rings (SSSR count). The summed E-state index contributed by atoms with van der Waals surface area (Å²) in [4.78, 5) is 27.2. The lowest BCUT2D eigenvalue weighted by molar-refractivity contribution is -0.384. The molecule has 0 radical (unpaired) electrons. The number of nitrogens with one attached hydrogen (secondary N) is 1. The molecule has 158 valence electrons. The number of hydrogen-bond acceptors (Lipinski definition) is 6. The van der Waals surface area contributed by atoms with Gasteiger partial charge in [-0.05, 0) is 29.7 Å². The first kappa shape index (κ1) is 20.3. The van der Waals surface area contributed by atoms with E-state index in [0.29, 0.717) is 12.0 Å². The zero-order valence-corrected chi connectivity index (χ0v) is 17.0. The molecule has 0 bridgehead atoms. The second-order valence-corrected chi connectivity index (χ2v) is 7.94. The second-order valence-electron chi connectivity index (χ2n) is 7.94. The van der Waals surface area contributed by atoms with Crippen LogP contribution in [-0.2, 0) is 17.6 Å². The average Bonchev–Trinajstić information content (AvgIpc) is 2.74. The zero-order valence-electron chi connectivity index (χ0n) is 17.0. The minimum absolute atomic E-state index is 0.0398. The Balaban J connectivity index is 1.52. The van der Waals surface area contributed by atoms with E-state index in [9.17, 15) is 20.0 Å². The van der Waals surface area contributed by atoms with Crippen LogP contribution in [0.3, 0.4) is 0 Å². The van der Waals surface area contributed by atoms with E-state index in [4.69, 9.17) is 0 Å². The molecule has 8 heteroatoms. The number of benzene rings is 2. The van der Waals surface area contributed by atoms with Crippen LogP contribution in [0.4, 0.5) is 17.1 Å². The van der Waals surface area contributed by atoms with Gasteiger partial charge in [0.2, 0.25) is 5.91 Å². The Morgan fingerprint density at radius 3 is 2.43 bits per heavy atom. The number of amides is 1. The summed E-state index contributed by atoms with van der Waals surface area (Å²) >= 11 is 0. The molecule has 8 nitrogen and oxygen atoms in total. The predicted octanol–water partition coefficient (Wildman–Crippen LogP) is 2.20. The van der Waals surface area contributed by atoms with Gasteiger partial charge in [0.25, 0.3) is 5.69 Å². The van der Waals surface area contributed by atoms with Gasteiger partial charge in [0, 0.05) is 57.3 Å². The molecule has 0 unspecified atom stereocenters. The van der Waals surface area contributed by atoms with Crippen LogP contribution in [-0.4, -0.2) is 59.2 Å². The molecule has 1 saturated heterocycles. The van der Waals surface area contributed by atoms with Crippen molar-refractivity contribution in [2.75, 3.05) is 36.4 Å². The molecule has 0 aromatic heterocycles. The zero-order chi connectivity index (χ0) is 21.3. The summed E-state index contributed by atoms with van der Waals surface area (Å²) in [7, 11) is 0. The summed E-state index contributed by atoms with van der Waals surface area (Å²) in [6.45, 7) is 4.79. The SMILES string of the molecule is CC(=O)Nc1c([N+](=O)[O-])ccc2c1C[C@H](O)[C@@H](N1CCN(c3ccccc3)CC1)C2. The first-order valence-corrected chi connectivity index (χ1v) is 10.2. The van der Waals surface area contributed by atoms with E-state index in [2.05, 4.69) is 27.2 Å². The van der Waals surface area contributed by atoms with E-state index >= 15 is 0 Å². The van der Waals surface area contributed by atoms with Gasteiger partial charge >= 0.3 is 0 Å². The van der Waals surface area contributed by atoms with Gasteiger partial charge in [0.15, 0.2) is 0 Å². The largest absolute Gasteiger partial charge is 0.391 e. The molecule has 2 aromatic rings. The average molecular weight is 410 g/mol. The number of carbonyl (C=O) groups excluding carboxylic acids is 1. The Morgan fingerprint density at radius 1 is 1.10 bits per heavy atom. The Morgan fingerprint density at radius 2 is 1.80 bits per heavy atom. The quantitative estimate of drug-likeness (QED) is 0.592. The molecule has 1 heterocycles. The van der Waals surface area contributed by atoms with E-state index < -0.39 is 11.0 Å². The number of aliphatic hydroxyl groups is 1. The van der Waals surface area contributed by atoms with Gasteiger partial charge in [0.05, 0.1) is 11.0 Å². The number of para-hydroxylation sites is 1. The van der Waals surface area contributed by atoms with Crippen LogP contribution in [0.25, 0.3) is 0 Å². The number of fused-ring (bicyclic) bond motifs is 1. The smallest absolute Gasteiger partial charge is 0.293 e. The van der Waals surface area contributed by atoms with Crippen molar-refractivity contribution in [3.8, 4) is 0 Å². The van der Waals surface area contributed by atoms with Gasteiger partial charge in [-0.2, -0.15) is 0 Å². The standard InChI is InChI=1S/C22H26N4O4/c1-15(27)23-22-18-14-21(28)20(13-16(18)7-8-19(22)26(29)30)25-11-9-24(10-12-25)17-5-3-2-4-6-17/h2-8,20-21,28H,9-14H2,1H3,(H,23,27)/t20-,21-/m0/s1. The molecule has 1 fully saturated rings. The maximum absolute atomic E-state index is 11.6. The molecule has 1 amide bonds. The molecular formula is C22H26N4O4. The Bertz CT molecular complexity index is 942. The summed E-state index contributed by atoms with van der Waals surface area (Å²) in [6.07, 6.45) is 0.248. The van der Waals surface area contributed by atoms with Gasteiger partial charge in [0.1, 0.15) is 5.69 Å². The van der Waals surface area contributed by atoms with Crippen LogP contribution in [0.1, 0.15) is 18.1 Å². The van der Waals surface area contributed by atoms with Crippen LogP contribution in [0.15, 0.2) is 42.5 Å². The lowest BCUT2D eigenvalue weighted by Crippen LogP contribution is -2.56. The lowest BCUT2D eigenvalue weighted by Gasteiger charge is -2.43. The maximum atomic E-state index is 11.6. The third kappa shape index (κ3) is 4.01. The minimum Gasteiger partial charge on any atom is -0.391 e. The van der Waals surface area contributed by atoms with Crippen LogP contribution < -0.4 is 10.2 Å². The number of piperazine rings is 1. The monoisotopic (exact) mass is 410 g/mol. The van der Waals surface area contributed by atoms with Gasteiger partial charge in [-0.25, -0.2) is 0 Å². The second kappa shape index (κ2) is 8.41. The molecule has 2 atom stereocenters. The fourth-order valence-corrected chi connectivity index (χ4v) is 4.60. The van der Waals surface area contributed by atoms with E-state index in [-0.39, 0.29) is 29.7 Å². The van der Waals surface area contributed by atoms with Crippen LogP contribution in [0, 0.1) is 10.1 Å². The summed E-state index contributed by atoms with van der Waals surface area (Å²) < 4.78 is 0. The fraction of sp³-hybridized carbons (Fsp3) is 0.409. The van der Waals surface area contributed by atoms with E-state index in [1.54, 1.807) is 6.07 Å². The van der Waals surface area contributed by atoms with Crippen molar-refractivity contribution >= 4 is 23.0 Å². The highest BCUT2D eigenvalue weighted by molar-refractivity contribution is 5.93. The van der Waals surface area contributed by atoms with Crippen LogP contribution in [0.5, 0.6) is 0 Å². The van der Waals surface area contributed by atoms with Crippen molar-refractivity contribution in [2.45, 2.75) is 31.9 Å². The number of nitro groups is 1. The summed E-state index contributed by atoms with van der Waals surface area (Å²) in [6, 6.07) is 13.5. The van der Waals surface area contributed by atoms with Gasteiger partial charge in [-0.3, -0.25) is 19.8 Å². The van der Waals surface area contributed by atoms with E-state index in [1.807, 2.05) is 18.2 Å². The minimum atomic E-state index is -0.643. The molecule has 2 aromatic carbocycles. The highest BCUT2D eigenvalue weighted by atomic mass is 16.6. The summed E-state index contributed by atoms with van der Waals surface area (Å²) in [5.41, 5.74) is 2.91. The first-order chi connectivity index (χ1) is 14.4. The normalized spacial score (nSPS) is 21.7. The number of carbonyl (C=O) groups is 1. The molecular weight excluding hydrogens is 384 g/mol. The van der Waals surface area contributed by atoms with Gasteiger partial charge in [-0.1, -0.05) is 24.3 Å². The van der Waals surface area contributed by atoms with Crippen molar-refractivity contribution < 1.29 is 14.8 Å². The van der Waals surface area contributed by atoms with Crippen LogP contribution in [0.2, 0.25) is 0 Å². The fourth-order valence-electron chi connectivity index (χ4n) is 4.60. The van der Waals surface area contributed by atoms with E-state index in [1.165, 1.54) is 18.7 Å². The van der Waals surface area contributed by atoms with E-state index in [0.717, 1.165) is 31.7 Å². The Hall–Kier alpha value is -2.97. The molecule has 2 N–H and O–H groups in total. The number of aliphatic hydroxyl groups excluding tert-OH is 1.